The van der Waals surface area contributed by atoms with Gasteiger partial charge in [-0.3, -0.25) is 4.79 Å². The molecule has 0 saturated heterocycles. The lowest BCUT2D eigenvalue weighted by Crippen LogP contribution is -2.24. The van der Waals surface area contributed by atoms with E-state index >= 15 is 0 Å². The molecule has 0 aromatic heterocycles. The number of methoxy groups -OCH3 is 1. The van der Waals surface area contributed by atoms with Crippen molar-refractivity contribution in [1.82, 2.24) is 5.43 Å². The van der Waals surface area contributed by atoms with Crippen molar-refractivity contribution in [1.29, 1.82) is 5.26 Å². The van der Waals surface area contributed by atoms with E-state index in [9.17, 15) is 9.90 Å². The number of carbonyl (C=O) groups is 1. The van der Waals surface area contributed by atoms with Crippen LogP contribution in [-0.4, -0.2) is 30.9 Å². The van der Waals surface area contributed by atoms with Crippen LogP contribution in [0.5, 0.6) is 17.2 Å². The first-order valence-corrected chi connectivity index (χ1v) is 6.95. The Labute approximate surface area is 138 Å². The van der Waals surface area contributed by atoms with Crippen molar-refractivity contribution in [3.63, 3.8) is 0 Å². The molecule has 7 heteroatoms. The van der Waals surface area contributed by atoms with Gasteiger partial charge in [0.25, 0.3) is 5.91 Å². The molecule has 0 aliphatic rings. The summed E-state index contributed by atoms with van der Waals surface area (Å²) in [6, 6.07) is 13.3. The average molecular weight is 325 g/mol. The maximum Gasteiger partial charge on any atom is 0.277 e. The van der Waals surface area contributed by atoms with Crippen molar-refractivity contribution < 1.29 is 19.4 Å². The van der Waals surface area contributed by atoms with Crippen molar-refractivity contribution >= 4 is 12.1 Å². The molecule has 0 atom stereocenters. The molecule has 2 aromatic rings. The number of phenolic OH excluding ortho intramolecular Hbond substituents is 1. The molecule has 122 valence electrons. The number of nitriles is 1. The number of benzene rings is 2. The summed E-state index contributed by atoms with van der Waals surface area (Å²) in [5, 5.41) is 22.2. The Morgan fingerprint density at radius 1 is 1.33 bits per heavy atom. The van der Waals surface area contributed by atoms with Crippen LogP contribution in [0.2, 0.25) is 0 Å². The molecule has 7 nitrogen and oxygen atoms in total. The number of hydrogen-bond donors (Lipinski definition) is 2. The summed E-state index contributed by atoms with van der Waals surface area (Å²) in [6.45, 7) is -0.269. The maximum atomic E-state index is 11.7. The summed E-state index contributed by atoms with van der Waals surface area (Å²) in [7, 11) is 1.44. The lowest BCUT2D eigenvalue weighted by atomic mass is 10.2. The van der Waals surface area contributed by atoms with E-state index in [0.29, 0.717) is 22.6 Å². The zero-order chi connectivity index (χ0) is 17.4. The molecule has 0 fully saturated rings. The Hall–Kier alpha value is -3.53. The van der Waals surface area contributed by atoms with Gasteiger partial charge in [-0.25, -0.2) is 5.43 Å². The maximum absolute atomic E-state index is 11.7. The largest absolute Gasteiger partial charge is 0.504 e. The van der Waals surface area contributed by atoms with E-state index in [1.165, 1.54) is 19.4 Å². The van der Waals surface area contributed by atoms with Gasteiger partial charge in [0.2, 0.25) is 0 Å². The molecule has 0 aliphatic carbocycles. The first kappa shape index (κ1) is 16.8. The van der Waals surface area contributed by atoms with Crippen molar-refractivity contribution in [3.8, 4) is 23.3 Å². The van der Waals surface area contributed by atoms with Gasteiger partial charge >= 0.3 is 0 Å². The zero-order valence-electron chi connectivity index (χ0n) is 12.9. The summed E-state index contributed by atoms with van der Waals surface area (Å²) >= 11 is 0. The molecule has 0 spiro atoms. The van der Waals surface area contributed by atoms with E-state index in [1.807, 2.05) is 6.07 Å². The van der Waals surface area contributed by atoms with Crippen molar-refractivity contribution in [2.24, 2.45) is 5.10 Å². The molecule has 24 heavy (non-hydrogen) atoms. The number of nitrogens with one attached hydrogen (secondary N) is 1. The smallest absolute Gasteiger partial charge is 0.277 e. The van der Waals surface area contributed by atoms with Crippen LogP contribution >= 0.6 is 0 Å². The number of nitrogens with zero attached hydrogens (tertiary/aromatic N) is 2. The van der Waals surface area contributed by atoms with Crippen LogP contribution in [0.3, 0.4) is 0 Å². The van der Waals surface area contributed by atoms with Crippen molar-refractivity contribution in [2.75, 3.05) is 13.7 Å². The SMILES string of the molecule is COc1cc(C=NNC(=O)COc2ccccc2C#N)ccc1O. The topological polar surface area (TPSA) is 104 Å². The summed E-state index contributed by atoms with van der Waals surface area (Å²) < 4.78 is 10.3. The summed E-state index contributed by atoms with van der Waals surface area (Å²) in [5.41, 5.74) is 3.30. The number of hydrazone groups is 1. The normalized spacial score (nSPS) is 10.2. The monoisotopic (exact) mass is 325 g/mol. The molecule has 0 bridgehead atoms. The second-order valence-electron chi connectivity index (χ2n) is 4.62. The van der Waals surface area contributed by atoms with E-state index in [0.717, 1.165) is 0 Å². The van der Waals surface area contributed by atoms with Gasteiger partial charge < -0.3 is 14.6 Å². The van der Waals surface area contributed by atoms with Gasteiger partial charge in [0.15, 0.2) is 18.1 Å². The van der Waals surface area contributed by atoms with E-state index in [1.54, 1.807) is 36.4 Å². The minimum Gasteiger partial charge on any atom is -0.504 e. The van der Waals surface area contributed by atoms with Crippen LogP contribution in [0, 0.1) is 11.3 Å². The first-order valence-electron chi connectivity index (χ1n) is 6.95. The highest BCUT2D eigenvalue weighted by Crippen LogP contribution is 2.25. The number of carbonyl (C=O) groups excluding carboxylic acids is 1. The Balaban J connectivity index is 1.88. The highest BCUT2D eigenvalue weighted by molar-refractivity contribution is 5.83. The van der Waals surface area contributed by atoms with Gasteiger partial charge in [0.1, 0.15) is 11.8 Å². The van der Waals surface area contributed by atoms with E-state index in [-0.39, 0.29) is 12.4 Å². The van der Waals surface area contributed by atoms with E-state index in [2.05, 4.69) is 10.5 Å². The fraction of sp³-hybridized carbons (Fsp3) is 0.118. The summed E-state index contributed by atoms with van der Waals surface area (Å²) in [5.74, 6) is 0.192. The molecule has 2 aromatic carbocycles. The molecule has 0 radical (unpaired) electrons. The van der Waals surface area contributed by atoms with Crippen LogP contribution in [0.1, 0.15) is 11.1 Å². The minimum absolute atomic E-state index is 0.0169. The number of aromatic hydroxyl groups is 1. The average Bonchev–Trinajstić information content (AvgIpc) is 2.61. The summed E-state index contributed by atoms with van der Waals surface area (Å²) in [4.78, 5) is 11.7. The fourth-order valence-corrected chi connectivity index (χ4v) is 1.81. The number of hydrogen-bond acceptors (Lipinski definition) is 6. The highest BCUT2D eigenvalue weighted by atomic mass is 16.5. The van der Waals surface area contributed by atoms with E-state index < -0.39 is 5.91 Å². The molecular formula is C17H15N3O4. The van der Waals surface area contributed by atoms with Crippen molar-refractivity contribution in [2.45, 2.75) is 0 Å². The third-order valence-electron chi connectivity index (χ3n) is 2.97. The molecule has 0 heterocycles. The predicted octanol–water partition coefficient (Wildman–Crippen LogP) is 1.80. The third-order valence-corrected chi connectivity index (χ3v) is 2.97. The molecule has 2 N–H and O–H groups in total. The number of phenols is 1. The van der Waals surface area contributed by atoms with E-state index in [4.69, 9.17) is 14.7 Å². The lowest BCUT2D eigenvalue weighted by Gasteiger charge is -2.06. The quantitative estimate of drug-likeness (QED) is 0.622. The van der Waals surface area contributed by atoms with Gasteiger partial charge in [0.05, 0.1) is 18.9 Å². The molecular weight excluding hydrogens is 310 g/mol. The number of para-hydroxylation sites is 1. The van der Waals surface area contributed by atoms with Crippen LogP contribution in [0.15, 0.2) is 47.6 Å². The minimum atomic E-state index is -0.468. The van der Waals surface area contributed by atoms with Crippen molar-refractivity contribution in [3.05, 3.63) is 53.6 Å². The Kier molecular flexibility index (Phi) is 5.75. The predicted molar refractivity (Wildman–Crippen MR) is 87.0 cm³/mol. The Morgan fingerprint density at radius 3 is 2.88 bits per heavy atom. The third kappa shape index (κ3) is 4.48. The Bertz CT molecular complexity index is 797. The molecule has 1 amide bonds. The number of rotatable bonds is 6. The number of ether oxygens (including phenoxy) is 2. The zero-order valence-corrected chi connectivity index (χ0v) is 12.9. The van der Waals surface area contributed by atoms with Crippen LogP contribution in [-0.2, 0) is 4.79 Å². The highest BCUT2D eigenvalue weighted by Gasteiger charge is 2.05. The van der Waals surface area contributed by atoms with Crippen LogP contribution in [0.4, 0.5) is 0 Å². The fourth-order valence-electron chi connectivity index (χ4n) is 1.81. The lowest BCUT2D eigenvalue weighted by molar-refractivity contribution is -0.123. The second kappa shape index (κ2) is 8.19. The summed E-state index contributed by atoms with van der Waals surface area (Å²) in [6.07, 6.45) is 1.41. The van der Waals surface area contributed by atoms with Gasteiger partial charge in [-0.1, -0.05) is 12.1 Å². The van der Waals surface area contributed by atoms with Gasteiger partial charge in [-0.2, -0.15) is 10.4 Å². The molecule has 0 saturated carbocycles. The Morgan fingerprint density at radius 2 is 2.12 bits per heavy atom. The first-order chi connectivity index (χ1) is 11.6. The van der Waals surface area contributed by atoms with Gasteiger partial charge in [-0.05, 0) is 35.9 Å². The van der Waals surface area contributed by atoms with Crippen LogP contribution in [0.25, 0.3) is 0 Å². The molecule has 2 rings (SSSR count). The molecule has 0 aliphatic heterocycles. The second-order valence-corrected chi connectivity index (χ2v) is 4.62. The van der Waals surface area contributed by atoms with Gasteiger partial charge in [-0.15, -0.1) is 0 Å². The number of amides is 1. The standard InChI is InChI=1S/C17H15N3O4/c1-23-16-8-12(6-7-14(16)21)10-19-20-17(22)11-24-15-5-3-2-4-13(15)9-18/h2-8,10,21H,11H2,1H3,(H,20,22). The molecule has 0 unspecified atom stereocenters. The van der Waals surface area contributed by atoms with Gasteiger partial charge in [0, 0.05) is 0 Å². The van der Waals surface area contributed by atoms with Crippen LogP contribution < -0.4 is 14.9 Å².